The summed E-state index contributed by atoms with van der Waals surface area (Å²) >= 11 is 2.82. The SMILES string of the molecule is O=S1(=O)CCSC(SCCCCC=C(F)F)=N1. The minimum Gasteiger partial charge on any atom is -0.205 e. The summed E-state index contributed by atoms with van der Waals surface area (Å²) in [5.74, 6) is 1.36. The second kappa shape index (κ2) is 7.38. The van der Waals surface area contributed by atoms with E-state index in [1.807, 2.05) is 0 Å². The molecule has 3 nitrogen and oxygen atoms in total. The highest BCUT2D eigenvalue weighted by atomic mass is 32.2. The lowest BCUT2D eigenvalue weighted by molar-refractivity contribution is 0.417. The molecule has 1 aliphatic heterocycles. The lowest BCUT2D eigenvalue weighted by Crippen LogP contribution is -2.13. The fraction of sp³-hybridized carbons (Fsp3) is 0.667. The average Bonchev–Trinajstić information content (AvgIpc) is 2.21. The second-order valence-electron chi connectivity index (χ2n) is 3.33. The summed E-state index contributed by atoms with van der Waals surface area (Å²) in [5.41, 5.74) is 0. The van der Waals surface area contributed by atoms with Crippen LogP contribution in [0.15, 0.2) is 16.6 Å². The number of allylic oxidation sites excluding steroid dienone is 1. The third-order valence-corrected chi connectivity index (χ3v) is 5.86. The highest BCUT2D eigenvalue weighted by Gasteiger charge is 2.17. The summed E-state index contributed by atoms with van der Waals surface area (Å²) in [6, 6.07) is 0. The number of nitrogens with zero attached hydrogens (tertiary/aromatic N) is 1. The van der Waals surface area contributed by atoms with Gasteiger partial charge in [-0.25, -0.2) is 8.42 Å². The van der Waals surface area contributed by atoms with Crippen molar-refractivity contribution in [1.82, 2.24) is 0 Å². The molecule has 8 heteroatoms. The van der Waals surface area contributed by atoms with Crippen LogP contribution >= 0.6 is 23.5 Å². The normalized spacial score (nSPS) is 18.6. The van der Waals surface area contributed by atoms with Crippen molar-refractivity contribution in [3.63, 3.8) is 0 Å². The molecule has 98 valence electrons. The number of halogens is 2. The van der Waals surface area contributed by atoms with Gasteiger partial charge in [0.05, 0.1) is 5.75 Å². The molecule has 0 bridgehead atoms. The predicted molar refractivity (Wildman–Crippen MR) is 70.3 cm³/mol. The maximum absolute atomic E-state index is 11.7. The van der Waals surface area contributed by atoms with E-state index in [2.05, 4.69) is 4.40 Å². The molecular weight excluding hydrogens is 288 g/mol. The number of sulfonamides is 1. The zero-order chi connectivity index (χ0) is 12.7. The van der Waals surface area contributed by atoms with Crippen LogP contribution in [0, 0.1) is 0 Å². The largest absolute Gasteiger partial charge is 0.266 e. The molecule has 0 amide bonds. The molecule has 0 aromatic heterocycles. The van der Waals surface area contributed by atoms with Crippen LogP contribution in [0.2, 0.25) is 0 Å². The lowest BCUT2D eigenvalue weighted by atomic mass is 10.2. The summed E-state index contributed by atoms with van der Waals surface area (Å²) in [4.78, 5) is 0. The van der Waals surface area contributed by atoms with E-state index in [-0.39, 0.29) is 5.75 Å². The van der Waals surface area contributed by atoms with Gasteiger partial charge < -0.3 is 0 Å². The molecule has 0 aliphatic carbocycles. The maximum Gasteiger partial charge on any atom is 0.266 e. The Labute approximate surface area is 108 Å². The maximum atomic E-state index is 11.7. The summed E-state index contributed by atoms with van der Waals surface area (Å²) < 4.78 is 49.9. The number of rotatable bonds is 5. The summed E-state index contributed by atoms with van der Waals surface area (Å²) in [5, 5.41) is 0. The van der Waals surface area contributed by atoms with Crippen molar-refractivity contribution in [2.45, 2.75) is 19.3 Å². The predicted octanol–water partition coefficient (Wildman–Crippen LogP) is 3.10. The van der Waals surface area contributed by atoms with E-state index in [0.29, 0.717) is 28.7 Å². The molecular formula is C9H13F2NO2S3. The highest BCUT2D eigenvalue weighted by Crippen LogP contribution is 2.24. The first kappa shape index (κ1) is 15.0. The Kier molecular flexibility index (Phi) is 6.50. The summed E-state index contributed by atoms with van der Waals surface area (Å²) in [7, 11) is -3.25. The quantitative estimate of drug-likeness (QED) is 0.732. The highest BCUT2D eigenvalue weighted by molar-refractivity contribution is 8.39. The molecule has 0 unspecified atom stereocenters. The van der Waals surface area contributed by atoms with E-state index in [9.17, 15) is 17.2 Å². The Morgan fingerprint density at radius 3 is 2.88 bits per heavy atom. The number of hydrogen-bond donors (Lipinski definition) is 0. The number of hydrogen-bond acceptors (Lipinski definition) is 4. The van der Waals surface area contributed by atoms with Crippen LogP contribution in [0.4, 0.5) is 8.78 Å². The Hall–Kier alpha value is -0.0800. The first-order chi connectivity index (χ1) is 7.99. The molecule has 0 atom stereocenters. The van der Waals surface area contributed by atoms with E-state index >= 15 is 0 Å². The molecule has 0 saturated heterocycles. The molecule has 0 aromatic rings. The molecule has 0 fully saturated rings. The number of unbranched alkanes of at least 4 members (excludes halogenated alkanes) is 2. The van der Waals surface area contributed by atoms with Crippen molar-refractivity contribution < 1.29 is 17.2 Å². The number of thioether (sulfide) groups is 2. The van der Waals surface area contributed by atoms with Crippen molar-refractivity contribution in [3.8, 4) is 0 Å². The van der Waals surface area contributed by atoms with Gasteiger partial charge in [-0.05, 0) is 25.3 Å². The zero-order valence-electron chi connectivity index (χ0n) is 9.06. The van der Waals surface area contributed by atoms with Gasteiger partial charge in [0.2, 0.25) is 0 Å². The second-order valence-corrected chi connectivity index (χ2v) is 7.51. The third-order valence-electron chi connectivity index (χ3n) is 1.90. The molecule has 0 aromatic carbocycles. The molecule has 0 spiro atoms. The third kappa shape index (κ3) is 7.05. The van der Waals surface area contributed by atoms with Crippen LogP contribution in [-0.2, 0) is 10.0 Å². The van der Waals surface area contributed by atoms with Gasteiger partial charge in [-0.2, -0.15) is 8.78 Å². The topological polar surface area (TPSA) is 46.5 Å². The molecule has 0 radical (unpaired) electrons. The van der Waals surface area contributed by atoms with E-state index in [0.717, 1.165) is 12.5 Å². The van der Waals surface area contributed by atoms with E-state index in [1.165, 1.54) is 23.5 Å². The van der Waals surface area contributed by atoms with E-state index in [1.54, 1.807) is 0 Å². The van der Waals surface area contributed by atoms with Crippen molar-refractivity contribution in [1.29, 1.82) is 0 Å². The zero-order valence-corrected chi connectivity index (χ0v) is 11.5. The standard InChI is InChI=1S/C9H13F2NO2S3/c10-8(11)4-2-1-3-5-15-9-12-17(13,14)7-6-16-9/h4H,1-3,5-7H2. The molecule has 1 aliphatic rings. The van der Waals surface area contributed by atoms with Crippen LogP contribution in [0.25, 0.3) is 0 Å². The van der Waals surface area contributed by atoms with E-state index in [4.69, 9.17) is 0 Å². The van der Waals surface area contributed by atoms with Gasteiger partial charge in [-0.3, -0.25) is 0 Å². The van der Waals surface area contributed by atoms with Crippen LogP contribution in [0.5, 0.6) is 0 Å². The Morgan fingerprint density at radius 2 is 2.24 bits per heavy atom. The van der Waals surface area contributed by atoms with Crippen molar-refractivity contribution in [3.05, 3.63) is 12.2 Å². The Morgan fingerprint density at radius 1 is 1.47 bits per heavy atom. The van der Waals surface area contributed by atoms with Gasteiger partial charge in [-0.1, -0.05) is 23.5 Å². The van der Waals surface area contributed by atoms with Crippen LogP contribution < -0.4 is 0 Å². The Bertz CT molecular complexity index is 402. The monoisotopic (exact) mass is 301 g/mol. The molecule has 0 N–H and O–H groups in total. The lowest BCUT2D eigenvalue weighted by Gasteiger charge is -2.10. The van der Waals surface area contributed by atoms with Crippen molar-refractivity contribution >= 4 is 37.9 Å². The van der Waals surface area contributed by atoms with Gasteiger partial charge in [0.1, 0.15) is 4.38 Å². The van der Waals surface area contributed by atoms with E-state index < -0.39 is 16.1 Å². The average molecular weight is 301 g/mol. The van der Waals surface area contributed by atoms with Crippen LogP contribution in [0.1, 0.15) is 19.3 Å². The Balaban J connectivity index is 2.19. The van der Waals surface area contributed by atoms with Crippen LogP contribution in [0.3, 0.4) is 0 Å². The molecule has 17 heavy (non-hydrogen) atoms. The van der Waals surface area contributed by atoms with Crippen molar-refractivity contribution in [2.24, 2.45) is 4.40 Å². The fourth-order valence-electron chi connectivity index (χ4n) is 1.10. The fourth-order valence-corrected chi connectivity index (χ4v) is 5.23. The smallest absolute Gasteiger partial charge is 0.205 e. The minimum atomic E-state index is -3.25. The van der Waals surface area contributed by atoms with Crippen molar-refractivity contribution in [2.75, 3.05) is 17.3 Å². The minimum absolute atomic E-state index is 0.0995. The van der Waals surface area contributed by atoms with Gasteiger partial charge >= 0.3 is 0 Å². The summed E-state index contributed by atoms with van der Waals surface area (Å²) in [6.07, 6.45) is 1.07. The van der Waals surface area contributed by atoms with Gasteiger partial charge in [0, 0.05) is 11.5 Å². The van der Waals surface area contributed by atoms with Gasteiger partial charge in [0.15, 0.2) is 0 Å². The molecule has 1 rings (SSSR count). The van der Waals surface area contributed by atoms with Crippen LogP contribution in [-0.4, -0.2) is 30.1 Å². The van der Waals surface area contributed by atoms with Gasteiger partial charge in [0.25, 0.3) is 16.1 Å². The van der Waals surface area contributed by atoms with Gasteiger partial charge in [-0.15, -0.1) is 4.40 Å². The first-order valence-corrected chi connectivity index (χ1v) is 8.67. The molecule has 1 heterocycles. The summed E-state index contributed by atoms with van der Waals surface area (Å²) in [6.45, 7) is 0. The first-order valence-electron chi connectivity index (χ1n) is 5.09. The molecule has 0 saturated carbocycles.